The van der Waals surface area contributed by atoms with Crippen molar-refractivity contribution in [2.75, 3.05) is 6.61 Å². The Morgan fingerprint density at radius 3 is 2.63 bits per heavy atom. The maximum absolute atomic E-state index is 11.0. The summed E-state index contributed by atoms with van der Waals surface area (Å²) >= 11 is 0. The van der Waals surface area contributed by atoms with Gasteiger partial charge in [-0.1, -0.05) is 36.4 Å². The van der Waals surface area contributed by atoms with Crippen molar-refractivity contribution < 1.29 is 9.66 Å². The molecule has 0 aromatic heterocycles. The molecule has 5 nitrogen and oxygen atoms in total. The Kier molecular flexibility index (Phi) is 2.72. The van der Waals surface area contributed by atoms with Crippen LogP contribution >= 0.6 is 0 Å². The Bertz CT molecular complexity index is 666. The van der Waals surface area contributed by atoms with Crippen molar-refractivity contribution in [3.63, 3.8) is 0 Å². The van der Waals surface area contributed by atoms with Crippen molar-refractivity contribution in [3.8, 4) is 5.75 Å². The number of ether oxygens (including phenoxy) is 1. The number of fused-ring (bicyclic) bond motifs is 1. The number of nitrogens with zero attached hydrogens (tertiary/aromatic N) is 2. The summed E-state index contributed by atoms with van der Waals surface area (Å²) in [7, 11) is 0. The van der Waals surface area contributed by atoms with E-state index in [2.05, 4.69) is 4.99 Å². The second kappa shape index (κ2) is 4.53. The Morgan fingerprint density at radius 2 is 1.89 bits per heavy atom. The van der Waals surface area contributed by atoms with E-state index in [1.807, 2.05) is 30.3 Å². The molecule has 2 aromatic carbocycles. The number of hydrogen-bond acceptors (Lipinski definition) is 4. The molecule has 3 rings (SSSR count). The van der Waals surface area contributed by atoms with E-state index in [9.17, 15) is 10.1 Å². The lowest BCUT2D eigenvalue weighted by atomic mass is 10.1. The molecule has 1 aliphatic heterocycles. The monoisotopic (exact) mass is 254 g/mol. The molecule has 94 valence electrons. The molecule has 0 fully saturated rings. The zero-order chi connectivity index (χ0) is 13.2. The van der Waals surface area contributed by atoms with E-state index in [1.54, 1.807) is 12.1 Å². The highest BCUT2D eigenvalue weighted by Gasteiger charge is 2.23. The topological polar surface area (TPSA) is 64.7 Å². The van der Waals surface area contributed by atoms with Gasteiger partial charge in [0.25, 0.3) is 5.69 Å². The molecule has 0 bridgehead atoms. The van der Waals surface area contributed by atoms with Crippen LogP contribution in [0.4, 0.5) is 11.4 Å². The summed E-state index contributed by atoms with van der Waals surface area (Å²) in [6.45, 7) is 0.318. The smallest absolute Gasteiger partial charge is 0.298 e. The summed E-state index contributed by atoms with van der Waals surface area (Å²) in [5.74, 6) is 0.453. The molecule has 0 radical (unpaired) electrons. The van der Waals surface area contributed by atoms with Crippen molar-refractivity contribution >= 4 is 17.1 Å². The summed E-state index contributed by atoms with van der Waals surface area (Å²) in [5, 5.41) is 11.0. The van der Waals surface area contributed by atoms with Crippen LogP contribution in [0, 0.1) is 10.1 Å². The summed E-state index contributed by atoms with van der Waals surface area (Å²) in [5.41, 5.74) is 1.86. The van der Waals surface area contributed by atoms with E-state index in [0.29, 0.717) is 18.1 Å². The van der Waals surface area contributed by atoms with E-state index in [-0.39, 0.29) is 11.4 Å². The molecule has 1 heterocycles. The van der Waals surface area contributed by atoms with Gasteiger partial charge in [-0.2, -0.15) is 0 Å². The minimum atomic E-state index is -0.445. The highest BCUT2D eigenvalue weighted by Crippen LogP contribution is 2.39. The van der Waals surface area contributed by atoms with E-state index in [0.717, 1.165) is 5.56 Å². The van der Waals surface area contributed by atoms with Gasteiger partial charge in [0.2, 0.25) is 0 Å². The first kappa shape index (κ1) is 11.4. The van der Waals surface area contributed by atoms with Gasteiger partial charge < -0.3 is 4.74 Å². The SMILES string of the molecule is O=[N+]([O-])c1cccc2c1N=C(c1ccccc1)CO2. The number of benzene rings is 2. The van der Waals surface area contributed by atoms with Crippen LogP contribution in [-0.4, -0.2) is 17.2 Å². The molecule has 19 heavy (non-hydrogen) atoms. The lowest BCUT2D eigenvalue weighted by Crippen LogP contribution is -2.16. The number of rotatable bonds is 2. The van der Waals surface area contributed by atoms with Crippen LogP contribution in [0.15, 0.2) is 53.5 Å². The molecular weight excluding hydrogens is 244 g/mol. The zero-order valence-electron chi connectivity index (χ0n) is 9.95. The van der Waals surface area contributed by atoms with Crippen LogP contribution in [0.5, 0.6) is 5.75 Å². The van der Waals surface area contributed by atoms with E-state index < -0.39 is 4.92 Å². The van der Waals surface area contributed by atoms with Crippen LogP contribution in [0.25, 0.3) is 0 Å². The van der Waals surface area contributed by atoms with Gasteiger partial charge in [-0.15, -0.1) is 0 Å². The molecule has 0 spiro atoms. The van der Waals surface area contributed by atoms with Crippen molar-refractivity contribution in [2.45, 2.75) is 0 Å². The van der Waals surface area contributed by atoms with Crippen LogP contribution < -0.4 is 4.74 Å². The number of hydrogen-bond donors (Lipinski definition) is 0. The standard InChI is InChI=1S/C14H10N2O3/c17-16(18)12-7-4-8-13-14(12)15-11(9-19-13)10-5-2-1-3-6-10/h1-8H,9H2. The van der Waals surface area contributed by atoms with Crippen LogP contribution in [0.2, 0.25) is 0 Å². The van der Waals surface area contributed by atoms with Crippen LogP contribution in [0.1, 0.15) is 5.56 Å². The Morgan fingerprint density at radius 1 is 1.11 bits per heavy atom. The molecule has 0 amide bonds. The largest absolute Gasteiger partial charge is 0.485 e. The normalized spacial score (nSPS) is 13.2. The third-order valence-corrected chi connectivity index (χ3v) is 2.89. The maximum Gasteiger partial charge on any atom is 0.298 e. The van der Waals surface area contributed by atoms with E-state index in [1.165, 1.54) is 6.07 Å². The number of para-hydroxylation sites is 1. The molecule has 0 unspecified atom stereocenters. The second-order valence-corrected chi connectivity index (χ2v) is 4.09. The third kappa shape index (κ3) is 2.06. The average Bonchev–Trinajstić information content (AvgIpc) is 2.47. The van der Waals surface area contributed by atoms with E-state index >= 15 is 0 Å². The van der Waals surface area contributed by atoms with Gasteiger partial charge >= 0.3 is 0 Å². The second-order valence-electron chi connectivity index (χ2n) is 4.09. The fourth-order valence-corrected chi connectivity index (χ4v) is 1.98. The Hall–Kier alpha value is -2.69. The summed E-state index contributed by atoms with van der Waals surface area (Å²) in [6.07, 6.45) is 0. The van der Waals surface area contributed by atoms with Crippen LogP contribution in [0.3, 0.4) is 0 Å². The fourth-order valence-electron chi connectivity index (χ4n) is 1.98. The quantitative estimate of drug-likeness (QED) is 0.611. The highest BCUT2D eigenvalue weighted by molar-refractivity contribution is 6.05. The van der Waals surface area contributed by atoms with Crippen molar-refractivity contribution in [3.05, 3.63) is 64.2 Å². The van der Waals surface area contributed by atoms with Crippen molar-refractivity contribution in [1.29, 1.82) is 0 Å². The molecule has 5 heteroatoms. The highest BCUT2D eigenvalue weighted by atomic mass is 16.6. The summed E-state index contributed by atoms with van der Waals surface area (Å²) < 4.78 is 5.55. The Balaban J connectivity index is 2.12. The molecule has 0 atom stereocenters. The molecule has 2 aromatic rings. The van der Waals surface area contributed by atoms with Crippen molar-refractivity contribution in [1.82, 2.24) is 0 Å². The molecule has 0 aliphatic carbocycles. The van der Waals surface area contributed by atoms with Crippen LogP contribution in [-0.2, 0) is 0 Å². The predicted molar refractivity (Wildman–Crippen MR) is 71.2 cm³/mol. The first-order valence-electron chi connectivity index (χ1n) is 5.79. The molecule has 1 aliphatic rings. The van der Waals surface area contributed by atoms with Gasteiger partial charge in [0.05, 0.1) is 10.6 Å². The van der Waals surface area contributed by atoms with Gasteiger partial charge in [-0.3, -0.25) is 10.1 Å². The molecule has 0 N–H and O–H groups in total. The number of nitro benzene ring substituents is 1. The van der Waals surface area contributed by atoms with Crippen molar-refractivity contribution in [2.24, 2.45) is 4.99 Å². The molecule has 0 saturated heterocycles. The Labute approximate surface area is 109 Å². The lowest BCUT2D eigenvalue weighted by molar-refractivity contribution is -0.384. The first-order valence-corrected chi connectivity index (χ1v) is 5.79. The third-order valence-electron chi connectivity index (χ3n) is 2.89. The first-order chi connectivity index (χ1) is 9.25. The number of aliphatic imine (C=N–C) groups is 1. The summed E-state index contributed by atoms with van der Waals surface area (Å²) in [6, 6.07) is 14.2. The average molecular weight is 254 g/mol. The minimum Gasteiger partial charge on any atom is -0.485 e. The van der Waals surface area contributed by atoms with E-state index in [4.69, 9.17) is 4.74 Å². The predicted octanol–water partition coefficient (Wildman–Crippen LogP) is 3.11. The number of nitro groups is 1. The van der Waals surface area contributed by atoms with Gasteiger partial charge in [-0.05, 0) is 11.6 Å². The molecule has 0 saturated carbocycles. The van der Waals surface area contributed by atoms with Gasteiger partial charge in [0.1, 0.15) is 6.61 Å². The zero-order valence-corrected chi connectivity index (χ0v) is 9.95. The van der Waals surface area contributed by atoms with Gasteiger partial charge in [-0.25, -0.2) is 4.99 Å². The summed E-state index contributed by atoms with van der Waals surface area (Å²) in [4.78, 5) is 14.9. The molecular formula is C14H10N2O3. The minimum absolute atomic E-state index is 0.0365. The fraction of sp³-hybridized carbons (Fsp3) is 0.0714. The van der Waals surface area contributed by atoms with Gasteiger partial charge in [0, 0.05) is 6.07 Å². The maximum atomic E-state index is 11.0. The lowest BCUT2D eigenvalue weighted by Gasteiger charge is -2.16. The van der Waals surface area contributed by atoms with Gasteiger partial charge in [0.15, 0.2) is 11.4 Å².